The number of rotatable bonds is 3. The van der Waals surface area contributed by atoms with Gasteiger partial charge in [0.2, 0.25) is 10.0 Å². The van der Waals surface area contributed by atoms with E-state index in [1.807, 2.05) is 20.0 Å². The summed E-state index contributed by atoms with van der Waals surface area (Å²) in [5.41, 5.74) is 3.09. The fourth-order valence-electron chi connectivity index (χ4n) is 4.67. The molecule has 1 N–H and O–H groups in total. The van der Waals surface area contributed by atoms with Gasteiger partial charge in [-0.25, -0.2) is 8.42 Å². The van der Waals surface area contributed by atoms with Crippen molar-refractivity contribution in [3.63, 3.8) is 0 Å². The largest absolute Gasteiger partial charge is 0.378 e. The van der Waals surface area contributed by atoms with Crippen molar-refractivity contribution in [1.29, 1.82) is 0 Å². The van der Waals surface area contributed by atoms with Crippen LogP contribution in [0.25, 0.3) is 10.9 Å². The summed E-state index contributed by atoms with van der Waals surface area (Å²) in [5.74, 6) is 0.305. The molecule has 8 heteroatoms. The number of aromatic amines is 1. The Labute approximate surface area is 160 Å². The number of nitrogens with one attached hydrogen (secondary N) is 1. The average molecular weight is 393 g/mol. The number of anilines is 1. The number of sulfonamides is 1. The van der Waals surface area contributed by atoms with Crippen molar-refractivity contribution in [2.45, 2.75) is 38.1 Å². The van der Waals surface area contributed by atoms with Crippen LogP contribution < -0.4 is 4.90 Å². The first-order chi connectivity index (χ1) is 12.8. The van der Waals surface area contributed by atoms with E-state index in [2.05, 4.69) is 27.2 Å². The second-order valence-electron chi connectivity index (χ2n) is 8.30. The summed E-state index contributed by atoms with van der Waals surface area (Å²) in [7, 11) is -3.20. The molecule has 2 aliphatic rings. The zero-order valence-electron chi connectivity index (χ0n) is 16.2. The molecule has 0 aliphatic carbocycles. The zero-order chi connectivity index (χ0) is 19.2. The van der Waals surface area contributed by atoms with Crippen LogP contribution in [0.4, 0.5) is 5.69 Å². The van der Waals surface area contributed by atoms with Crippen LogP contribution in [0.15, 0.2) is 18.3 Å². The normalized spacial score (nSPS) is 24.4. The van der Waals surface area contributed by atoms with Gasteiger partial charge in [0.25, 0.3) is 0 Å². The third kappa shape index (κ3) is 3.58. The van der Waals surface area contributed by atoms with Gasteiger partial charge in [-0.15, -0.1) is 0 Å². The Morgan fingerprint density at radius 2 is 1.96 bits per heavy atom. The van der Waals surface area contributed by atoms with E-state index in [0.29, 0.717) is 12.5 Å². The third-order valence-electron chi connectivity index (χ3n) is 5.89. The SMILES string of the molecule is CC1(C)CC(c2cc(N3CCOCC3)cc3[nH]ncc23)CCN1S(C)(=O)=O. The van der Waals surface area contributed by atoms with Gasteiger partial charge in [0.1, 0.15) is 0 Å². The molecule has 0 bridgehead atoms. The Morgan fingerprint density at radius 1 is 1.22 bits per heavy atom. The molecule has 1 aromatic heterocycles. The van der Waals surface area contributed by atoms with Crippen LogP contribution in [0.3, 0.4) is 0 Å². The van der Waals surface area contributed by atoms with E-state index in [9.17, 15) is 8.42 Å². The fraction of sp³-hybridized carbons (Fsp3) is 0.632. The lowest BCUT2D eigenvalue weighted by atomic mass is 9.79. The molecule has 0 amide bonds. The van der Waals surface area contributed by atoms with E-state index in [0.717, 1.165) is 50.0 Å². The van der Waals surface area contributed by atoms with Gasteiger partial charge in [-0.2, -0.15) is 9.40 Å². The molecular weight excluding hydrogens is 364 g/mol. The van der Waals surface area contributed by atoms with Crippen LogP contribution in [0, 0.1) is 0 Å². The number of nitrogens with zero attached hydrogens (tertiary/aromatic N) is 3. The molecule has 2 fully saturated rings. The lowest BCUT2D eigenvalue weighted by Gasteiger charge is -2.44. The van der Waals surface area contributed by atoms with Crippen LogP contribution in [-0.4, -0.2) is 67.6 Å². The molecule has 2 saturated heterocycles. The molecule has 27 heavy (non-hydrogen) atoms. The maximum atomic E-state index is 12.2. The van der Waals surface area contributed by atoms with Gasteiger partial charge < -0.3 is 9.64 Å². The number of ether oxygens (including phenoxy) is 1. The summed E-state index contributed by atoms with van der Waals surface area (Å²) < 4.78 is 31.5. The molecule has 1 unspecified atom stereocenters. The van der Waals surface area contributed by atoms with Crippen LogP contribution in [-0.2, 0) is 14.8 Å². The Morgan fingerprint density at radius 3 is 2.63 bits per heavy atom. The maximum Gasteiger partial charge on any atom is 0.211 e. The van der Waals surface area contributed by atoms with E-state index in [-0.39, 0.29) is 0 Å². The number of hydrogen-bond acceptors (Lipinski definition) is 5. The van der Waals surface area contributed by atoms with E-state index >= 15 is 0 Å². The van der Waals surface area contributed by atoms with Crippen molar-refractivity contribution in [3.8, 4) is 0 Å². The molecule has 0 spiro atoms. The number of hydrogen-bond donors (Lipinski definition) is 1. The zero-order valence-corrected chi connectivity index (χ0v) is 17.1. The van der Waals surface area contributed by atoms with Crippen molar-refractivity contribution in [2.75, 3.05) is 44.0 Å². The Kier molecular flexibility index (Phi) is 4.68. The van der Waals surface area contributed by atoms with E-state index in [4.69, 9.17) is 4.74 Å². The number of aromatic nitrogens is 2. The minimum Gasteiger partial charge on any atom is -0.378 e. The van der Waals surface area contributed by atoms with Gasteiger partial charge in [-0.3, -0.25) is 5.10 Å². The lowest BCUT2D eigenvalue weighted by molar-refractivity contribution is 0.122. The molecule has 1 atom stereocenters. The van der Waals surface area contributed by atoms with Crippen molar-refractivity contribution in [1.82, 2.24) is 14.5 Å². The smallest absolute Gasteiger partial charge is 0.211 e. The van der Waals surface area contributed by atoms with Gasteiger partial charge in [0, 0.05) is 36.2 Å². The molecule has 0 saturated carbocycles. The standard InChI is InChI=1S/C19H28N4O3S/c1-19(2)12-14(4-5-23(19)27(3,24)25)16-10-15(22-6-8-26-9-7-22)11-18-17(16)13-20-21-18/h10-11,13-14H,4-9,12H2,1-3H3,(H,20,21). The molecular formula is C19H28N4O3S. The molecule has 0 radical (unpaired) electrons. The highest BCUT2D eigenvalue weighted by Crippen LogP contribution is 2.42. The Hall–Kier alpha value is -1.64. The predicted molar refractivity (Wildman–Crippen MR) is 107 cm³/mol. The summed E-state index contributed by atoms with van der Waals surface area (Å²) >= 11 is 0. The highest BCUT2D eigenvalue weighted by atomic mass is 32.2. The first-order valence-electron chi connectivity index (χ1n) is 9.53. The maximum absolute atomic E-state index is 12.2. The quantitative estimate of drug-likeness (QED) is 0.867. The minimum atomic E-state index is -3.20. The summed E-state index contributed by atoms with van der Waals surface area (Å²) in [6.45, 7) is 7.87. The highest BCUT2D eigenvalue weighted by molar-refractivity contribution is 7.88. The molecule has 4 rings (SSSR count). The first-order valence-corrected chi connectivity index (χ1v) is 11.4. The monoisotopic (exact) mass is 392 g/mol. The van der Waals surface area contributed by atoms with Crippen LogP contribution in [0.5, 0.6) is 0 Å². The number of H-pyrrole nitrogens is 1. The highest BCUT2D eigenvalue weighted by Gasteiger charge is 2.40. The van der Waals surface area contributed by atoms with E-state index < -0.39 is 15.6 Å². The van der Waals surface area contributed by atoms with Crippen LogP contribution in [0.2, 0.25) is 0 Å². The molecule has 1 aromatic carbocycles. The van der Waals surface area contributed by atoms with E-state index in [1.54, 1.807) is 4.31 Å². The molecule has 3 heterocycles. The van der Waals surface area contributed by atoms with Crippen molar-refractivity contribution >= 4 is 26.6 Å². The number of morpholine rings is 1. The van der Waals surface area contributed by atoms with Gasteiger partial charge in [0.15, 0.2) is 0 Å². The van der Waals surface area contributed by atoms with Crippen molar-refractivity contribution in [2.24, 2.45) is 0 Å². The summed E-state index contributed by atoms with van der Waals surface area (Å²) in [5, 5.41) is 8.52. The summed E-state index contributed by atoms with van der Waals surface area (Å²) in [6.07, 6.45) is 4.82. The summed E-state index contributed by atoms with van der Waals surface area (Å²) in [4.78, 5) is 2.35. The van der Waals surface area contributed by atoms with Gasteiger partial charge >= 0.3 is 0 Å². The van der Waals surface area contributed by atoms with Gasteiger partial charge in [-0.1, -0.05) is 0 Å². The van der Waals surface area contributed by atoms with E-state index in [1.165, 1.54) is 17.5 Å². The number of piperidine rings is 1. The molecule has 2 aromatic rings. The first kappa shape index (κ1) is 18.7. The fourth-order valence-corrected chi connectivity index (χ4v) is 6.08. The molecule has 2 aliphatic heterocycles. The van der Waals surface area contributed by atoms with Gasteiger partial charge in [0.05, 0.1) is 31.2 Å². The van der Waals surface area contributed by atoms with Crippen molar-refractivity contribution in [3.05, 3.63) is 23.9 Å². The van der Waals surface area contributed by atoms with Crippen molar-refractivity contribution < 1.29 is 13.2 Å². The van der Waals surface area contributed by atoms with Crippen LogP contribution >= 0.6 is 0 Å². The minimum absolute atomic E-state index is 0.305. The Bertz CT molecular complexity index is 932. The Balaban J connectivity index is 1.70. The molecule has 148 valence electrons. The van der Waals surface area contributed by atoms with Crippen LogP contribution in [0.1, 0.15) is 38.2 Å². The topological polar surface area (TPSA) is 78.5 Å². The van der Waals surface area contributed by atoms with Gasteiger partial charge in [-0.05, 0) is 50.3 Å². The summed E-state index contributed by atoms with van der Waals surface area (Å²) in [6, 6.07) is 4.44. The predicted octanol–water partition coefficient (Wildman–Crippen LogP) is 2.32. The second kappa shape index (κ2) is 6.76. The second-order valence-corrected chi connectivity index (χ2v) is 10.2. The average Bonchev–Trinajstić information content (AvgIpc) is 3.08. The molecule has 7 nitrogen and oxygen atoms in total. The number of fused-ring (bicyclic) bond motifs is 1. The number of benzene rings is 1. The third-order valence-corrected chi connectivity index (χ3v) is 7.37. The lowest BCUT2D eigenvalue weighted by Crippen LogP contribution is -2.51.